The van der Waals surface area contributed by atoms with Gasteiger partial charge in [-0.05, 0) is 74.2 Å². The Kier molecular flexibility index (Phi) is 8.22. The molecule has 2 heterocycles. The van der Waals surface area contributed by atoms with Gasteiger partial charge in [0.05, 0.1) is 16.8 Å². The molecule has 0 unspecified atom stereocenters. The first-order chi connectivity index (χ1) is 27.5. The first-order valence-electron chi connectivity index (χ1n) is 19.9. The lowest BCUT2D eigenvalue weighted by molar-refractivity contribution is 0.731. The number of rotatable bonds is 5. The fourth-order valence-corrected chi connectivity index (χ4v) is 10.5. The molecule has 0 saturated heterocycles. The second-order valence-electron chi connectivity index (χ2n) is 15.8. The highest BCUT2D eigenvalue weighted by Crippen LogP contribution is 2.57. The molecule has 10 rings (SSSR count). The van der Waals surface area contributed by atoms with Crippen LogP contribution < -0.4 is 37.7 Å². The average molecular weight is 716 g/mol. The van der Waals surface area contributed by atoms with Gasteiger partial charge in [0.2, 0.25) is 13.4 Å². The van der Waals surface area contributed by atoms with Gasteiger partial charge < -0.3 is 4.90 Å². The second-order valence-corrected chi connectivity index (χ2v) is 15.8. The van der Waals surface area contributed by atoms with Crippen LogP contribution in [0.4, 0.5) is 17.1 Å². The number of fused-ring (bicyclic) bond motifs is 4. The Labute approximate surface area is 332 Å². The van der Waals surface area contributed by atoms with E-state index in [4.69, 9.17) is 0 Å². The molecule has 8 aromatic rings. The number of hydrogen-bond acceptors (Lipinski definition) is 1. The molecule has 0 aliphatic carbocycles. The highest BCUT2D eigenvalue weighted by atomic mass is 15.2. The van der Waals surface area contributed by atoms with E-state index in [9.17, 15) is 0 Å². The van der Waals surface area contributed by atoms with Crippen molar-refractivity contribution in [2.45, 2.75) is 33.1 Å². The van der Waals surface area contributed by atoms with Gasteiger partial charge in [-0.25, -0.2) is 0 Å². The van der Waals surface area contributed by atoms with Crippen molar-refractivity contribution in [1.82, 2.24) is 0 Å². The predicted molar refractivity (Wildman–Crippen MR) is 241 cm³/mol. The Morgan fingerprint density at radius 2 is 0.714 bits per heavy atom. The molecule has 3 heteroatoms. The Bertz CT molecular complexity index is 2590. The Hall–Kier alpha value is -6.31. The minimum absolute atomic E-state index is 0.127. The van der Waals surface area contributed by atoms with Gasteiger partial charge in [-0.15, -0.1) is 0 Å². The SMILES string of the molecule is Cc1cccc(C)c1B1c2ccccc2B(c2c(C)cc(N3c4ccccc4C(c4ccccc4)(c4ccccc4)c4ccccc43)cc2C)c2ccccc21. The molecular weight excluding hydrogens is 672 g/mol. The molecule has 2 aliphatic rings. The molecule has 0 spiro atoms. The number of anilines is 3. The number of aryl methyl sites for hydroxylation is 4. The molecule has 0 amide bonds. The van der Waals surface area contributed by atoms with Crippen molar-refractivity contribution in [3.05, 3.63) is 233 Å². The summed E-state index contributed by atoms with van der Waals surface area (Å²) >= 11 is 0. The molecule has 8 aromatic carbocycles. The average Bonchev–Trinajstić information content (AvgIpc) is 3.23. The van der Waals surface area contributed by atoms with Crippen LogP contribution in [0.15, 0.2) is 188 Å². The van der Waals surface area contributed by atoms with Gasteiger partial charge in [0.25, 0.3) is 0 Å². The first-order valence-corrected chi connectivity index (χ1v) is 19.9. The van der Waals surface area contributed by atoms with Crippen LogP contribution in [0.2, 0.25) is 0 Å². The van der Waals surface area contributed by atoms with Crippen LogP contribution in [0.3, 0.4) is 0 Å². The first kappa shape index (κ1) is 34.2. The maximum absolute atomic E-state index is 2.51. The molecular formula is C53H43B2N. The summed E-state index contributed by atoms with van der Waals surface area (Å²) in [5.41, 5.74) is 22.0. The van der Waals surface area contributed by atoms with Crippen molar-refractivity contribution < 1.29 is 0 Å². The zero-order valence-corrected chi connectivity index (χ0v) is 32.5. The van der Waals surface area contributed by atoms with Gasteiger partial charge >= 0.3 is 0 Å². The minimum Gasteiger partial charge on any atom is -0.310 e. The summed E-state index contributed by atoms with van der Waals surface area (Å²) in [7, 11) is 0. The molecule has 0 radical (unpaired) electrons. The number of benzene rings is 8. The topological polar surface area (TPSA) is 3.24 Å². The van der Waals surface area contributed by atoms with E-state index in [0.717, 1.165) is 0 Å². The second kappa shape index (κ2) is 13.5. The Balaban J connectivity index is 1.17. The van der Waals surface area contributed by atoms with Gasteiger partial charge in [0.1, 0.15) is 0 Å². The van der Waals surface area contributed by atoms with Crippen molar-refractivity contribution in [3.63, 3.8) is 0 Å². The standard InChI is InChI=1S/C53H43B2N/c1-36-20-19-21-37(2)51(36)54-45-28-13-15-30-47(45)55(48-31-16-14-29-46(48)54)52-38(3)34-42(35-39(52)4)56-49-32-17-11-26-43(49)53(40-22-7-5-8-23-40,41-24-9-6-10-25-41)44-27-12-18-33-50(44)56/h5-35H,1-4H3. The Morgan fingerprint density at radius 1 is 0.357 bits per heavy atom. The smallest absolute Gasteiger partial charge is 0.240 e. The lowest BCUT2D eigenvalue weighted by Crippen LogP contribution is -2.75. The largest absolute Gasteiger partial charge is 0.310 e. The van der Waals surface area contributed by atoms with Gasteiger partial charge in [0, 0.05) is 5.69 Å². The minimum atomic E-state index is -0.488. The summed E-state index contributed by atoms with van der Waals surface area (Å²) in [6, 6.07) is 70.3. The molecule has 1 nitrogen and oxygen atoms in total. The van der Waals surface area contributed by atoms with Crippen molar-refractivity contribution in [2.24, 2.45) is 0 Å². The van der Waals surface area contributed by atoms with Gasteiger partial charge in [-0.3, -0.25) is 0 Å². The summed E-state index contributed by atoms with van der Waals surface area (Å²) in [5, 5.41) is 0. The number of nitrogens with zero attached hydrogens (tertiary/aromatic N) is 1. The summed E-state index contributed by atoms with van der Waals surface area (Å²) in [5.74, 6) is 0. The molecule has 56 heavy (non-hydrogen) atoms. The summed E-state index contributed by atoms with van der Waals surface area (Å²) in [4.78, 5) is 2.51. The lowest BCUT2D eigenvalue weighted by atomic mass is 9.20. The summed E-state index contributed by atoms with van der Waals surface area (Å²) in [6.07, 6.45) is 0. The third-order valence-electron chi connectivity index (χ3n) is 12.7. The lowest BCUT2D eigenvalue weighted by Gasteiger charge is -2.46. The summed E-state index contributed by atoms with van der Waals surface area (Å²) < 4.78 is 0. The molecule has 0 bridgehead atoms. The van der Waals surface area contributed by atoms with E-state index in [2.05, 4.69) is 221 Å². The fraction of sp³-hybridized carbons (Fsp3) is 0.0943. The third-order valence-corrected chi connectivity index (χ3v) is 12.7. The van der Waals surface area contributed by atoms with Crippen molar-refractivity contribution in [3.8, 4) is 0 Å². The van der Waals surface area contributed by atoms with Crippen LogP contribution in [0, 0.1) is 27.7 Å². The maximum Gasteiger partial charge on any atom is 0.240 e. The number of hydrogen-bond donors (Lipinski definition) is 0. The van der Waals surface area contributed by atoms with Crippen molar-refractivity contribution in [1.29, 1.82) is 0 Å². The fourth-order valence-electron chi connectivity index (χ4n) is 10.5. The highest BCUT2D eigenvalue weighted by Gasteiger charge is 2.46. The molecule has 266 valence electrons. The summed E-state index contributed by atoms with van der Waals surface area (Å²) in [6.45, 7) is 9.52. The number of para-hydroxylation sites is 2. The van der Waals surface area contributed by atoms with Crippen LogP contribution in [0.5, 0.6) is 0 Å². The molecule has 2 aliphatic heterocycles. The Morgan fingerprint density at radius 3 is 1.14 bits per heavy atom. The quantitative estimate of drug-likeness (QED) is 0.162. The molecule has 0 aromatic heterocycles. The van der Waals surface area contributed by atoms with E-state index in [0.29, 0.717) is 0 Å². The normalized spacial score (nSPS) is 13.8. The van der Waals surface area contributed by atoms with E-state index in [1.807, 2.05) is 0 Å². The van der Waals surface area contributed by atoms with E-state index in [-0.39, 0.29) is 13.4 Å². The van der Waals surface area contributed by atoms with E-state index >= 15 is 0 Å². The third kappa shape index (κ3) is 5.04. The van der Waals surface area contributed by atoms with Gasteiger partial charge in [-0.2, -0.15) is 0 Å². The van der Waals surface area contributed by atoms with Crippen molar-refractivity contribution >= 4 is 63.3 Å². The molecule has 0 N–H and O–H groups in total. The zero-order valence-electron chi connectivity index (χ0n) is 32.5. The molecule has 0 fully saturated rings. The van der Waals surface area contributed by atoms with Gasteiger partial charge in [-0.1, -0.05) is 219 Å². The maximum atomic E-state index is 2.51. The van der Waals surface area contributed by atoms with Crippen LogP contribution in [0.25, 0.3) is 0 Å². The highest BCUT2D eigenvalue weighted by molar-refractivity contribution is 7.11. The van der Waals surface area contributed by atoms with E-state index in [1.54, 1.807) is 0 Å². The van der Waals surface area contributed by atoms with Crippen LogP contribution in [-0.4, -0.2) is 13.4 Å². The van der Waals surface area contributed by atoms with E-state index in [1.165, 1.54) is 94.3 Å². The van der Waals surface area contributed by atoms with Crippen LogP contribution in [-0.2, 0) is 5.41 Å². The van der Waals surface area contributed by atoms with Gasteiger partial charge in [0.15, 0.2) is 0 Å². The van der Waals surface area contributed by atoms with Crippen molar-refractivity contribution in [2.75, 3.05) is 4.90 Å². The zero-order chi connectivity index (χ0) is 38.0. The molecule has 0 atom stereocenters. The van der Waals surface area contributed by atoms with Crippen LogP contribution in [0.1, 0.15) is 44.5 Å². The van der Waals surface area contributed by atoms with E-state index < -0.39 is 5.41 Å². The monoisotopic (exact) mass is 715 g/mol. The van der Waals surface area contributed by atoms with Crippen LogP contribution >= 0.6 is 0 Å². The molecule has 0 saturated carbocycles. The predicted octanol–water partition coefficient (Wildman–Crippen LogP) is 8.43.